The van der Waals surface area contributed by atoms with Gasteiger partial charge in [0.25, 0.3) is 21.8 Å². The Balaban J connectivity index is 0.00000182. The van der Waals surface area contributed by atoms with Crippen molar-refractivity contribution in [2.45, 2.75) is 31.2 Å². The van der Waals surface area contributed by atoms with Gasteiger partial charge in [-0.2, -0.15) is 8.42 Å². The number of amides is 1. The first-order chi connectivity index (χ1) is 11.7. The van der Waals surface area contributed by atoms with Gasteiger partial charge >= 0.3 is 29.6 Å². The molecule has 2 aromatic carbocycles. The number of benzene rings is 2. The number of ketones is 1. The van der Waals surface area contributed by atoms with Crippen molar-refractivity contribution in [2.24, 2.45) is 0 Å². The summed E-state index contributed by atoms with van der Waals surface area (Å²) in [6.07, 6.45) is 0. The molecule has 2 aromatic rings. The normalized spacial score (nSPS) is 13.8. The molecule has 0 radical (unpaired) electrons. The average Bonchev–Trinajstić information content (AvgIpc) is 2.79. The first-order valence-electron chi connectivity index (χ1n) is 7.75. The van der Waals surface area contributed by atoms with Gasteiger partial charge in [-0.3, -0.25) is 14.1 Å². The summed E-state index contributed by atoms with van der Waals surface area (Å²) in [6.45, 7) is 4.34. The Kier molecular flexibility index (Phi) is 6.09. The molecule has 0 saturated heterocycles. The number of hydrogen-bond donors (Lipinski definition) is 1. The number of carbonyl (C=O) groups excluding carboxylic acids is 2. The molecule has 0 fully saturated rings. The van der Waals surface area contributed by atoms with Crippen LogP contribution in [-0.4, -0.2) is 24.7 Å². The van der Waals surface area contributed by atoms with E-state index in [1.807, 2.05) is 24.3 Å². The molecule has 0 spiro atoms. The van der Waals surface area contributed by atoms with Crippen molar-refractivity contribution in [2.75, 3.05) is 4.90 Å². The predicted molar refractivity (Wildman–Crippen MR) is 93.4 cm³/mol. The van der Waals surface area contributed by atoms with Gasteiger partial charge in [0.2, 0.25) is 0 Å². The molecule has 1 amide bonds. The third kappa shape index (κ3) is 3.92. The van der Waals surface area contributed by atoms with Gasteiger partial charge in [-0.15, -0.1) is 0 Å². The summed E-state index contributed by atoms with van der Waals surface area (Å²) in [6, 6.07) is 11.3. The minimum absolute atomic E-state index is 0. The summed E-state index contributed by atoms with van der Waals surface area (Å²) in [5.74, 6) is -1.15. The zero-order valence-corrected chi connectivity index (χ0v) is 17.6. The number of Topliss-reactive ketones (excluding diaryl/α,β-unsaturated/α-hetero) is 1. The van der Waals surface area contributed by atoms with E-state index in [1.54, 1.807) is 0 Å². The molecule has 0 atom stereocenters. The largest absolute Gasteiger partial charge is 1.00 e. The molecule has 0 aliphatic carbocycles. The summed E-state index contributed by atoms with van der Waals surface area (Å²) in [5.41, 5.74) is 2.33. The van der Waals surface area contributed by atoms with Crippen molar-refractivity contribution in [3.63, 3.8) is 0 Å². The number of carbonyl (C=O) groups is 2. The fourth-order valence-electron chi connectivity index (χ4n) is 2.83. The summed E-state index contributed by atoms with van der Waals surface area (Å²) >= 11 is 0. The monoisotopic (exact) mass is 383 g/mol. The molecule has 6 nitrogen and oxygen atoms in total. The van der Waals surface area contributed by atoms with Gasteiger partial charge in [0.05, 0.1) is 22.7 Å². The SMILES string of the molecule is CC(C)c1cccc(CN2C(=O)C(=O)c3cc(S(=O)(=O)O)ccc32)c1.[H-].[Na+]. The van der Waals surface area contributed by atoms with Crippen molar-refractivity contribution >= 4 is 27.5 Å². The second kappa shape index (κ2) is 7.62. The first-order valence-corrected chi connectivity index (χ1v) is 9.19. The third-order valence-corrected chi connectivity index (χ3v) is 5.05. The van der Waals surface area contributed by atoms with Crippen LogP contribution in [0.3, 0.4) is 0 Å². The number of nitrogens with zero attached hydrogens (tertiary/aromatic N) is 1. The van der Waals surface area contributed by atoms with E-state index in [1.165, 1.54) is 17.0 Å². The molecule has 0 aromatic heterocycles. The van der Waals surface area contributed by atoms with E-state index in [0.29, 0.717) is 11.6 Å². The van der Waals surface area contributed by atoms with Gasteiger partial charge < -0.3 is 6.33 Å². The molecular formula is C18H18NNaO5S. The third-order valence-electron chi connectivity index (χ3n) is 4.20. The Morgan fingerprint density at radius 1 is 1.12 bits per heavy atom. The average molecular weight is 383 g/mol. The summed E-state index contributed by atoms with van der Waals surface area (Å²) in [4.78, 5) is 25.4. The van der Waals surface area contributed by atoms with Gasteiger partial charge in [0, 0.05) is 0 Å². The van der Waals surface area contributed by atoms with E-state index >= 15 is 0 Å². The fraction of sp³-hybridized carbons (Fsp3) is 0.222. The van der Waals surface area contributed by atoms with Crippen molar-refractivity contribution in [3.8, 4) is 0 Å². The van der Waals surface area contributed by atoms with Crippen LogP contribution in [0.15, 0.2) is 47.4 Å². The molecule has 1 aliphatic heterocycles. The maximum Gasteiger partial charge on any atom is 1.00 e. The molecule has 26 heavy (non-hydrogen) atoms. The van der Waals surface area contributed by atoms with Gasteiger partial charge in [0.1, 0.15) is 0 Å². The summed E-state index contributed by atoms with van der Waals surface area (Å²) in [7, 11) is -4.44. The van der Waals surface area contributed by atoms with E-state index in [9.17, 15) is 18.0 Å². The molecule has 0 saturated carbocycles. The van der Waals surface area contributed by atoms with Gasteiger partial charge in [-0.25, -0.2) is 0 Å². The number of anilines is 1. The van der Waals surface area contributed by atoms with Crippen molar-refractivity contribution in [1.29, 1.82) is 0 Å². The van der Waals surface area contributed by atoms with E-state index in [4.69, 9.17) is 4.55 Å². The van der Waals surface area contributed by atoms with Crippen molar-refractivity contribution in [1.82, 2.24) is 0 Å². The minimum atomic E-state index is -4.44. The van der Waals surface area contributed by atoms with Crippen molar-refractivity contribution < 1.29 is 53.5 Å². The molecule has 132 valence electrons. The quantitative estimate of drug-likeness (QED) is 0.452. The molecule has 1 heterocycles. The van der Waals surface area contributed by atoms with Crippen LogP contribution in [0.25, 0.3) is 0 Å². The van der Waals surface area contributed by atoms with Crippen LogP contribution in [0.5, 0.6) is 0 Å². The fourth-order valence-corrected chi connectivity index (χ4v) is 3.34. The minimum Gasteiger partial charge on any atom is -1.00 e. The number of fused-ring (bicyclic) bond motifs is 1. The van der Waals surface area contributed by atoms with Crippen LogP contribution in [0.1, 0.15) is 42.7 Å². The molecule has 0 bridgehead atoms. The van der Waals surface area contributed by atoms with Crippen LogP contribution in [0.2, 0.25) is 0 Å². The molecule has 3 rings (SSSR count). The second-order valence-corrected chi connectivity index (χ2v) is 7.70. The predicted octanol–water partition coefficient (Wildman–Crippen LogP) is -0.0973. The van der Waals surface area contributed by atoms with Gasteiger partial charge in [0.15, 0.2) is 0 Å². The molecule has 8 heteroatoms. The first kappa shape index (κ1) is 20.8. The van der Waals surface area contributed by atoms with Gasteiger partial charge in [-0.1, -0.05) is 38.1 Å². The standard InChI is InChI=1S/C18H17NO5S.Na.H/c1-11(2)13-5-3-4-12(8-13)10-19-16-7-6-14(25(22,23)24)9-15(16)17(20)18(19)21;;/h3-9,11H,10H2,1-2H3,(H,22,23,24);;/q;+1;-1. The van der Waals surface area contributed by atoms with Crippen LogP contribution >= 0.6 is 0 Å². The summed E-state index contributed by atoms with van der Waals surface area (Å²) < 4.78 is 31.6. The number of hydrogen-bond acceptors (Lipinski definition) is 4. The summed E-state index contributed by atoms with van der Waals surface area (Å²) in [5, 5.41) is 0. The Labute approximate surface area is 175 Å². The zero-order valence-electron chi connectivity index (χ0n) is 15.8. The van der Waals surface area contributed by atoms with E-state index in [-0.39, 0.29) is 43.1 Å². The van der Waals surface area contributed by atoms with Crippen LogP contribution in [-0.2, 0) is 21.5 Å². The van der Waals surface area contributed by atoms with Crippen LogP contribution < -0.4 is 34.5 Å². The Hall–Kier alpha value is -1.51. The van der Waals surface area contributed by atoms with Gasteiger partial charge in [-0.05, 0) is 35.2 Å². The van der Waals surface area contributed by atoms with E-state index < -0.39 is 26.7 Å². The Morgan fingerprint density at radius 3 is 2.42 bits per heavy atom. The molecular weight excluding hydrogens is 365 g/mol. The topological polar surface area (TPSA) is 91.8 Å². The van der Waals surface area contributed by atoms with E-state index in [0.717, 1.165) is 17.2 Å². The maximum atomic E-state index is 12.3. The maximum absolute atomic E-state index is 12.3. The van der Waals surface area contributed by atoms with Crippen LogP contribution in [0, 0.1) is 0 Å². The molecule has 0 unspecified atom stereocenters. The zero-order chi connectivity index (χ0) is 18.4. The van der Waals surface area contributed by atoms with Crippen LogP contribution in [0.4, 0.5) is 5.69 Å². The Morgan fingerprint density at radius 2 is 1.81 bits per heavy atom. The Bertz CT molecular complexity index is 991. The second-order valence-electron chi connectivity index (χ2n) is 6.27. The number of rotatable bonds is 4. The molecule has 1 aliphatic rings. The van der Waals surface area contributed by atoms with E-state index in [2.05, 4.69) is 13.8 Å². The smallest absolute Gasteiger partial charge is 1.00 e. The molecule has 1 N–H and O–H groups in total. The van der Waals surface area contributed by atoms with Crippen molar-refractivity contribution in [3.05, 3.63) is 59.2 Å².